The van der Waals surface area contributed by atoms with Gasteiger partial charge >= 0.3 is 0 Å². The van der Waals surface area contributed by atoms with Crippen molar-refractivity contribution in [1.29, 1.82) is 0 Å². The van der Waals surface area contributed by atoms with E-state index in [2.05, 4.69) is 22.6 Å². The Balaban J connectivity index is 2.20. The molecule has 0 aliphatic rings. The Morgan fingerprint density at radius 2 is 2.17 bits per heavy atom. The molecule has 0 saturated heterocycles. The summed E-state index contributed by atoms with van der Waals surface area (Å²) < 4.78 is 12.5. The lowest BCUT2D eigenvalue weighted by molar-refractivity contribution is 0.144. The van der Waals surface area contributed by atoms with Gasteiger partial charge in [-0.25, -0.2) is 0 Å². The quantitative estimate of drug-likeness (QED) is 0.830. The van der Waals surface area contributed by atoms with Crippen molar-refractivity contribution in [1.82, 2.24) is 0 Å². The summed E-state index contributed by atoms with van der Waals surface area (Å²) in [5, 5.41) is 0. The molecule has 2 N–H and O–H groups in total. The van der Waals surface area contributed by atoms with E-state index >= 15 is 0 Å². The van der Waals surface area contributed by atoms with Crippen LogP contribution >= 0.6 is 22.6 Å². The van der Waals surface area contributed by atoms with E-state index in [9.17, 15) is 0 Å². The molecule has 0 aliphatic carbocycles. The van der Waals surface area contributed by atoms with Crippen LogP contribution in [0.25, 0.3) is 0 Å². The van der Waals surface area contributed by atoms with E-state index < -0.39 is 0 Å². The lowest BCUT2D eigenvalue weighted by atomic mass is 10.1. The highest BCUT2D eigenvalue weighted by atomic mass is 127. The maximum Gasteiger partial charge on any atom is 0.171 e. The third kappa shape index (κ3) is 3.26. The molecular weight excluding hydrogens is 341 g/mol. The van der Waals surface area contributed by atoms with Crippen LogP contribution in [0.15, 0.2) is 47.1 Å². The molecule has 2 rings (SSSR count). The van der Waals surface area contributed by atoms with Crippen molar-refractivity contribution in [2.75, 3.05) is 0 Å². The average molecular weight is 357 g/mol. The molecule has 0 radical (unpaired) electrons. The Hall–Kier alpha value is -1.01. The van der Waals surface area contributed by atoms with Crippen LogP contribution < -0.4 is 10.5 Å². The van der Waals surface area contributed by atoms with E-state index in [1.807, 2.05) is 43.3 Å². The molecule has 3 nitrogen and oxygen atoms in total. The van der Waals surface area contributed by atoms with Crippen LogP contribution in [0.4, 0.5) is 0 Å². The Morgan fingerprint density at radius 3 is 2.78 bits per heavy atom. The molecule has 1 aromatic heterocycles. The second-order valence-electron chi connectivity index (χ2n) is 4.08. The van der Waals surface area contributed by atoms with Gasteiger partial charge in [-0.15, -0.1) is 0 Å². The molecule has 0 aliphatic heterocycles. The molecule has 2 unspecified atom stereocenters. The van der Waals surface area contributed by atoms with Crippen LogP contribution in [0, 0.1) is 3.57 Å². The molecule has 1 heterocycles. The van der Waals surface area contributed by atoms with Crippen LogP contribution in [-0.2, 0) is 0 Å². The molecule has 0 spiro atoms. The predicted octanol–water partition coefficient (Wildman–Crippen LogP) is 3.74. The fourth-order valence-corrected chi connectivity index (χ4v) is 2.23. The Kier molecular flexibility index (Phi) is 4.66. The normalized spacial score (nSPS) is 14.2. The van der Waals surface area contributed by atoms with E-state index in [1.165, 1.54) is 0 Å². The van der Waals surface area contributed by atoms with Crippen LogP contribution in [0.3, 0.4) is 0 Å². The second-order valence-corrected chi connectivity index (χ2v) is 5.33. The molecule has 96 valence electrons. The predicted molar refractivity (Wildman–Crippen MR) is 79.5 cm³/mol. The fourth-order valence-electron chi connectivity index (χ4n) is 1.71. The molecule has 0 fully saturated rings. The first kappa shape index (κ1) is 13.4. The number of halogens is 1. The van der Waals surface area contributed by atoms with Crippen LogP contribution in [-0.4, -0.2) is 6.04 Å². The van der Waals surface area contributed by atoms with Gasteiger partial charge in [-0.1, -0.05) is 13.0 Å². The van der Waals surface area contributed by atoms with Gasteiger partial charge in [0.05, 0.1) is 6.26 Å². The summed E-state index contributed by atoms with van der Waals surface area (Å²) in [6.07, 6.45) is 2.22. The zero-order valence-corrected chi connectivity index (χ0v) is 12.3. The van der Waals surface area contributed by atoms with Crippen molar-refractivity contribution in [3.05, 3.63) is 52.0 Å². The first-order valence-corrected chi connectivity index (χ1v) is 6.99. The first-order chi connectivity index (χ1) is 8.70. The molecule has 0 bridgehead atoms. The monoisotopic (exact) mass is 357 g/mol. The fraction of sp³-hybridized carbons (Fsp3) is 0.286. The van der Waals surface area contributed by atoms with Crippen LogP contribution in [0.2, 0.25) is 0 Å². The molecule has 1 aromatic carbocycles. The Bertz CT molecular complexity index is 484. The third-order valence-electron chi connectivity index (χ3n) is 2.74. The minimum atomic E-state index is -0.247. The smallest absolute Gasteiger partial charge is 0.171 e. The summed E-state index contributed by atoms with van der Waals surface area (Å²) >= 11 is 2.26. The van der Waals surface area contributed by atoms with Gasteiger partial charge in [-0.3, -0.25) is 0 Å². The number of ether oxygens (including phenoxy) is 1. The highest BCUT2D eigenvalue weighted by Crippen LogP contribution is 2.26. The highest BCUT2D eigenvalue weighted by molar-refractivity contribution is 14.1. The van der Waals surface area contributed by atoms with Crippen molar-refractivity contribution < 1.29 is 9.15 Å². The third-order valence-corrected chi connectivity index (χ3v) is 3.41. The van der Waals surface area contributed by atoms with Gasteiger partial charge in [0.15, 0.2) is 6.10 Å². The number of nitrogens with two attached hydrogens (primary N) is 1. The highest BCUT2D eigenvalue weighted by Gasteiger charge is 2.23. The summed E-state index contributed by atoms with van der Waals surface area (Å²) in [4.78, 5) is 0. The average Bonchev–Trinajstić information content (AvgIpc) is 2.89. The van der Waals surface area contributed by atoms with E-state index in [0.717, 1.165) is 21.5 Å². The first-order valence-electron chi connectivity index (χ1n) is 5.92. The zero-order chi connectivity index (χ0) is 13.0. The molecule has 2 aromatic rings. The molecule has 18 heavy (non-hydrogen) atoms. The number of benzene rings is 1. The molecule has 0 saturated carbocycles. The molecule has 2 atom stereocenters. The lowest BCUT2D eigenvalue weighted by Gasteiger charge is -2.22. The van der Waals surface area contributed by atoms with E-state index in [-0.39, 0.29) is 12.1 Å². The van der Waals surface area contributed by atoms with Crippen molar-refractivity contribution in [2.24, 2.45) is 5.73 Å². The molecular formula is C14H16INO2. The van der Waals surface area contributed by atoms with Gasteiger partial charge in [0.2, 0.25) is 0 Å². The van der Waals surface area contributed by atoms with Gasteiger partial charge in [0, 0.05) is 9.61 Å². The van der Waals surface area contributed by atoms with Crippen LogP contribution in [0.5, 0.6) is 5.75 Å². The van der Waals surface area contributed by atoms with Crippen molar-refractivity contribution in [3.63, 3.8) is 0 Å². The topological polar surface area (TPSA) is 48.4 Å². The number of furan rings is 1. The van der Waals surface area contributed by atoms with Crippen molar-refractivity contribution in [2.45, 2.75) is 25.5 Å². The number of hydrogen-bond donors (Lipinski definition) is 1. The van der Waals surface area contributed by atoms with Gasteiger partial charge < -0.3 is 14.9 Å². The van der Waals surface area contributed by atoms with E-state index in [0.29, 0.717) is 0 Å². The van der Waals surface area contributed by atoms with Crippen LogP contribution in [0.1, 0.15) is 25.2 Å². The van der Waals surface area contributed by atoms with E-state index in [1.54, 1.807) is 6.26 Å². The van der Waals surface area contributed by atoms with E-state index in [4.69, 9.17) is 14.9 Å². The zero-order valence-electron chi connectivity index (χ0n) is 10.2. The molecule has 0 amide bonds. The summed E-state index contributed by atoms with van der Waals surface area (Å²) in [7, 11) is 0. The second kappa shape index (κ2) is 6.24. The maximum absolute atomic E-state index is 6.11. The number of hydrogen-bond acceptors (Lipinski definition) is 3. The summed E-state index contributed by atoms with van der Waals surface area (Å²) in [5.41, 5.74) is 6.11. The number of rotatable bonds is 5. The largest absolute Gasteiger partial charge is 0.481 e. The standard InChI is InChI=1S/C14H16INO2/c1-2-12(16)14(13-7-4-8-17-13)18-11-6-3-5-10(15)9-11/h3-9,12,14H,2,16H2,1H3. The summed E-state index contributed by atoms with van der Waals surface area (Å²) in [6, 6.07) is 11.6. The van der Waals surface area contributed by atoms with Gasteiger partial charge in [0.1, 0.15) is 11.5 Å². The summed E-state index contributed by atoms with van der Waals surface area (Å²) in [5.74, 6) is 1.58. The Morgan fingerprint density at radius 1 is 1.33 bits per heavy atom. The Labute approximate surface area is 120 Å². The van der Waals surface area contributed by atoms with Gasteiger partial charge in [0.25, 0.3) is 0 Å². The minimum absolute atomic E-state index is 0.0889. The maximum atomic E-state index is 6.11. The summed E-state index contributed by atoms with van der Waals surface area (Å²) in [6.45, 7) is 2.04. The van der Waals surface area contributed by atoms with Crippen molar-refractivity contribution in [3.8, 4) is 5.75 Å². The van der Waals surface area contributed by atoms with Gasteiger partial charge in [-0.2, -0.15) is 0 Å². The minimum Gasteiger partial charge on any atom is -0.481 e. The molecule has 4 heteroatoms. The van der Waals surface area contributed by atoms with Crippen molar-refractivity contribution >= 4 is 22.6 Å². The SMILES string of the molecule is CCC(N)C(Oc1cccc(I)c1)c1ccco1. The lowest BCUT2D eigenvalue weighted by Crippen LogP contribution is -2.31. The van der Waals surface area contributed by atoms with Gasteiger partial charge in [-0.05, 0) is 59.3 Å².